The Hall–Kier alpha value is -1.97. The van der Waals surface area contributed by atoms with Crippen LogP contribution in [-0.4, -0.2) is 90.1 Å². The zero-order valence-corrected chi connectivity index (χ0v) is 21.4. The maximum Gasteiger partial charge on any atom is 0.219 e. The highest BCUT2D eigenvalue weighted by molar-refractivity contribution is 7.80. The van der Waals surface area contributed by atoms with Crippen molar-refractivity contribution in [3.8, 4) is 0 Å². The van der Waals surface area contributed by atoms with Gasteiger partial charge in [0, 0.05) is 64.7 Å². The lowest BCUT2D eigenvalue weighted by Crippen LogP contribution is -2.51. The van der Waals surface area contributed by atoms with Gasteiger partial charge in [-0.25, -0.2) is 4.98 Å². The summed E-state index contributed by atoms with van der Waals surface area (Å²) in [5, 5.41) is 5.43. The summed E-state index contributed by atoms with van der Waals surface area (Å²) in [4.78, 5) is 25.5. The van der Waals surface area contributed by atoms with Gasteiger partial charge in [-0.3, -0.25) is 4.79 Å². The van der Waals surface area contributed by atoms with Crippen LogP contribution >= 0.6 is 23.6 Å². The van der Waals surface area contributed by atoms with E-state index in [2.05, 4.69) is 60.0 Å². The Morgan fingerprint density at radius 2 is 1.66 bits per heavy atom. The number of rotatable bonds is 2. The molecule has 9 heteroatoms. The standard InChI is InChI=1S/C23H34N6OS2/c1-16(30)27-10-12-29(13-11-27)22(31)25-17-15-20-18(24-21(32-20)23(2,3)4)14-19(17)28-8-6-26(5)7-9-28/h14-15H,6-13H2,1-5H3,(H,25,31). The zero-order valence-electron chi connectivity index (χ0n) is 19.8. The van der Waals surface area contributed by atoms with E-state index in [9.17, 15) is 4.79 Å². The van der Waals surface area contributed by atoms with E-state index < -0.39 is 0 Å². The quantitative estimate of drug-likeness (QED) is 0.671. The molecular formula is C23H34N6OS2. The van der Waals surface area contributed by atoms with E-state index in [1.165, 1.54) is 10.4 Å². The largest absolute Gasteiger partial charge is 0.367 e. The van der Waals surface area contributed by atoms with Crippen LogP contribution in [-0.2, 0) is 10.2 Å². The first kappa shape index (κ1) is 23.2. The molecule has 2 saturated heterocycles. The summed E-state index contributed by atoms with van der Waals surface area (Å²) in [6.45, 7) is 15.2. The molecule has 0 saturated carbocycles. The molecule has 1 aromatic carbocycles. The molecule has 1 N–H and O–H groups in total. The van der Waals surface area contributed by atoms with E-state index >= 15 is 0 Å². The topological polar surface area (TPSA) is 55.0 Å². The van der Waals surface area contributed by atoms with Gasteiger partial charge < -0.3 is 24.9 Å². The van der Waals surface area contributed by atoms with Crippen LogP contribution in [0.5, 0.6) is 0 Å². The molecule has 7 nitrogen and oxygen atoms in total. The number of aromatic nitrogens is 1. The van der Waals surface area contributed by atoms with Crippen molar-refractivity contribution in [3.05, 3.63) is 17.1 Å². The number of thiocarbonyl (C=S) groups is 1. The van der Waals surface area contributed by atoms with E-state index in [-0.39, 0.29) is 11.3 Å². The number of amides is 1. The molecule has 32 heavy (non-hydrogen) atoms. The third kappa shape index (κ3) is 5.00. The highest BCUT2D eigenvalue weighted by atomic mass is 32.1. The SMILES string of the molecule is CC(=O)N1CCN(C(=S)Nc2cc3sc(C(C)(C)C)nc3cc2N2CCN(C)CC2)CC1. The van der Waals surface area contributed by atoms with Gasteiger partial charge in [0.05, 0.1) is 26.6 Å². The number of thiazole rings is 1. The first-order valence-electron chi connectivity index (χ1n) is 11.3. The number of hydrogen-bond donors (Lipinski definition) is 1. The van der Waals surface area contributed by atoms with Gasteiger partial charge in [-0.05, 0) is 31.4 Å². The minimum atomic E-state index is 0.0248. The van der Waals surface area contributed by atoms with Crippen molar-refractivity contribution in [3.63, 3.8) is 0 Å². The summed E-state index contributed by atoms with van der Waals surface area (Å²) < 4.78 is 1.18. The number of fused-ring (bicyclic) bond motifs is 1. The number of likely N-dealkylation sites (N-methyl/N-ethyl adjacent to an activating group) is 1. The average molecular weight is 475 g/mol. The van der Waals surface area contributed by atoms with E-state index in [0.717, 1.165) is 60.6 Å². The molecule has 2 fully saturated rings. The summed E-state index contributed by atoms with van der Waals surface area (Å²) in [7, 11) is 2.17. The molecular weight excluding hydrogens is 440 g/mol. The number of hydrogen-bond acceptors (Lipinski definition) is 6. The van der Waals surface area contributed by atoms with Crippen LogP contribution < -0.4 is 10.2 Å². The van der Waals surface area contributed by atoms with Gasteiger partial charge in [0.2, 0.25) is 5.91 Å². The van der Waals surface area contributed by atoms with Crippen LogP contribution in [0.2, 0.25) is 0 Å². The van der Waals surface area contributed by atoms with Gasteiger partial charge in [0.1, 0.15) is 0 Å². The summed E-state index contributed by atoms with van der Waals surface area (Å²) in [6, 6.07) is 4.44. The molecule has 1 aromatic heterocycles. The van der Waals surface area contributed by atoms with Crippen molar-refractivity contribution < 1.29 is 4.79 Å². The number of benzene rings is 1. The third-order valence-corrected chi connectivity index (χ3v) is 8.05. The Balaban J connectivity index is 1.61. The Morgan fingerprint density at radius 3 is 2.25 bits per heavy atom. The van der Waals surface area contributed by atoms with Crippen molar-refractivity contribution in [1.82, 2.24) is 19.7 Å². The van der Waals surface area contributed by atoms with E-state index in [1.54, 1.807) is 18.3 Å². The minimum absolute atomic E-state index is 0.0248. The molecule has 4 rings (SSSR count). The van der Waals surface area contributed by atoms with Gasteiger partial charge in [-0.2, -0.15) is 0 Å². The van der Waals surface area contributed by atoms with Crippen LogP contribution in [0.15, 0.2) is 12.1 Å². The Bertz CT molecular complexity index is 998. The van der Waals surface area contributed by atoms with Crippen molar-refractivity contribution in [2.45, 2.75) is 33.1 Å². The fourth-order valence-electron chi connectivity index (χ4n) is 4.11. The van der Waals surface area contributed by atoms with Gasteiger partial charge in [0.15, 0.2) is 5.11 Å². The monoisotopic (exact) mass is 474 g/mol. The molecule has 0 unspecified atom stereocenters. The fraction of sp³-hybridized carbons (Fsp3) is 0.609. The number of nitrogens with zero attached hydrogens (tertiary/aromatic N) is 5. The highest BCUT2D eigenvalue weighted by Gasteiger charge is 2.25. The van der Waals surface area contributed by atoms with Crippen LogP contribution in [0.1, 0.15) is 32.7 Å². The maximum absolute atomic E-state index is 11.7. The second-order valence-electron chi connectivity index (χ2n) is 9.82. The first-order chi connectivity index (χ1) is 15.1. The van der Waals surface area contributed by atoms with Gasteiger partial charge in [0.25, 0.3) is 0 Å². The highest BCUT2D eigenvalue weighted by Crippen LogP contribution is 2.37. The Morgan fingerprint density at radius 1 is 1.03 bits per heavy atom. The van der Waals surface area contributed by atoms with E-state index in [1.807, 2.05) is 4.90 Å². The van der Waals surface area contributed by atoms with E-state index in [4.69, 9.17) is 17.2 Å². The predicted molar refractivity (Wildman–Crippen MR) is 138 cm³/mol. The molecule has 0 aliphatic carbocycles. The normalized spacial score (nSPS) is 18.3. The molecule has 0 spiro atoms. The number of nitrogens with one attached hydrogen (secondary N) is 1. The van der Waals surface area contributed by atoms with Gasteiger partial charge in [-0.15, -0.1) is 11.3 Å². The smallest absolute Gasteiger partial charge is 0.219 e. The summed E-state index contributed by atoms with van der Waals surface area (Å²) in [5.41, 5.74) is 3.29. The van der Waals surface area contributed by atoms with Crippen molar-refractivity contribution in [1.29, 1.82) is 0 Å². The molecule has 2 aliphatic rings. The summed E-state index contributed by atoms with van der Waals surface area (Å²) in [6.07, 6.45) is 0. The van der Waals surface area contributed by atoms with Crippen LogP contribution in [0.4, 0.5) is 11.4 Å². The zero-order chi connectivity index (χ0) is 23.0. The van der Waals surface area contributed by atoms with Crippen molar-refractivity contribution in [2.24, 2.45) is 0 Å². The van der Waals surface area contributed by atoms with Gasteiger partial charge in [-0.1, -0.05) is 20.8 Å². The van der Waals surface area contributed by atoms with Crippen molar-refractivity contribution in [2.75, 3.05) is 69.6 Å². The van der Waals surface area contributed by atoms with Crippen LogP contribution in [0.25, 0.3) is 10.2 Å². The average Bonchev–Trinajstić information content (AvgIpc) is 3.17. The molecule has 3 heterocycles. The number of anilines is 2. The molecule has 0 bridgehead atoms. The maximum atomic E-state index is 11.7. The lowest BCUT2D eigenvalue weighted by Gasteiger charge is -2.37. The Kier molecular flexibility index (Phi) is 6.61. The van der Waals surface area contributed by atoms with Crippen LogP contribution in [0, 0.1) is 0 Å². The lowest BCUT2D eigenvalue weighted by molar-refractivity contribution is -0.130. The Labute approximate surface area is 200 Å². The van der Waals surface area contributed by atoms with Crippen LogP contribution in [0.3, 0.4) is 0 Å². The number of carbonyl (C=O) groups excluding carboxylic acids is 1. The molecule has 0 radical (unpaired) electrons. The van der Waals surface area contributed by atoms with Gasteiger partial charge >= 0.3 is 0 Å². The first-order valence-corrected chi connectivity index (χ1v) is 12.5. The molecule has 1 amide bonds. The summed E-state index contributed by atoms with van der Waals surface area (Å²) >= 11 is 7.56. The number of piperazine rings is 2. The summed E-state index contributed by atoms with van der Waals surface area (Å²) in [5.74, 6) is 0.131. The second-order valence-corrected chi connectivity index (χ2v) is 11.2. The minimum Gasteiger partial charge on any atom is -0.367 e. The fourth-order valence-corrected chi connectivity index (χ4v) is 5.45. The third-order valence-electron chi connectivity index (χ3n) is 6.25. The van der Waals surface area contributed by atoms with E-state index in [0.29, 0.717) is 13.1 Å². The second kappa shape index (κ2) is 9.11. The predicted octanol–water partition coefficient (Wildman–Crippen LogP) is 3.21. The molecule has 2 aliphatic heterocycles. The molecule has 174 valence electrons. The molecule has 0 atom stereocenters. The molecule has 2 aromatic rings. The lowest BCUT2D eigenvalue weighted by atomic mass is 9.98. The van der Waals surface area contributed by atoms with Crippen molar-refractivity contribution >= 4 is 56.2 Å². The number of carbonyl (C=O) groups is 1.